The molecule has 0 spiro atoms. The van der Waals surface area contributed by atoms with Crippen LogP contribution in [0.4, 0.5) is 5.13 Å². The third kappa shape index (κ3) is 5.31. The van der Waals surface area contributed by atoms with E-state index in [1.54, 1.807) is 11.3 Å². The number of aryl methyl sites for hydroxylation is 1. The molecule has 4 rings (SSSR count). The molecule has 0 aliphatic carbocycles. The van der Waals surface area contributed by atoms with Crippen molar-refractivity contribution in [3.8, 4) is 0 Å². The fourth-order valence-corrected chi connectivity index (χ4v) is 4.34. The molecule has 0 saturated carbocycles. The summed E-state index contributed by atoms with van der Waals surface area (Å²) in [6.07, 6.45) is 1.83. The quantitative estimate of drug-likeness (QED) is 0.488. The van der Waals surface area contributed by atoms with Crippen LogP contribution in [0, 0.1) is 6.92 Å². The van der Waals surface area contributed by atoms with E-state index in [0.717, 1.165) is 86.1 Å². The minimum Gasteiger partial charge on any atom is -0.380 e. The maximum atomic E-state index is 5.58. The number of rotatable bonds is 10. The highest BCUT2D eigenvalue weighted by Crippen LogP contribution is 2.17. The average molecular weight is 431 g/mol. The molecule has 1 saturated heterocycles. The molecular weight excluding hydrogens is 400 g/mol. The fourth-order valence-electron chi connectivity index (χ4n) is 3.72. The highest BCUT2D eigenvalue weighted by Gasteiger charge is 2.20. The number of hydrogen-bond donors (Lipinski definition) is 1. The molecule has 0 atom stereocenters. The van der Waals surface area contributed by atoms with Gasteiger partial charge in [-0.25, -0.2) is 9.97 Å². The van der Waals surface area contributed by atoms with Crippen LogP contribution in [-0.4, -0.2) is 87.0 Å². The predicted molar refractivity (Wildman–Crippen MR) is 119 cm³/mol. The molecule has 0 amide bonds. The number of ether oxygens (including phenoxy) is 1. The largest absolute Gasteiger partial charge is 0.380 e. The number of fused-ring (bicyclic) bond motifs is 1. The monoisotopic (exact) mass is 430 g/mol. The molecule has 0 unspecified atom stereocenters. The molecule has 0 bridgehead atoms. The molecule has 1 fully saturated rings. The Morgan fingerprint density at radius 1 is 1.13 bits per heavy atom. The van der Waals surface area contributed by atoms with Crippen molar-refractivity contribution in [3.63, 3.8) is 0 Å². The summed E-state index contributed by atoms with van der Waals surface area (Å²) in [5.41, 5.74) is 1.91. The zero-order valence-corrected chi connectivity index (χ0v) is 18.6. The minimum atomic E-state index is 0.681. The van der Waals surface area contributed by atoms with Crippen LogP contribution in [0.2, 0.25) is 0 Å². The molecule has 0 radical (unpaired) electrons. The van der Waals surface area contributed by atoms with Gasteiger partial charge in [-0.1, -0.05) is 11.3 Å². The molecule has 4 heterocycles. The topological polar surface area (TPSA) is 84.2 Å². The Morgan fingerprint density at radius 2 is 1.97 bits per heavy atom. The van der Waals surface area contributed by atoms with Crippen LogP contribution in [0.5, 0.6) is 0 Å². The minimum absolute atomic E-state index is 0.681. The van der Waals surface area contributed by atoms with E-state index in [0.29, 0.717) is 6.61 Å². The highest BCUT2D eigenvalue weighted by molar-refractivity contribution is 7.15. The van der Waals surface area contributed by atoms with Crippen molar-refractivity contribution in [2.75, 3.05) is 57.8 Å². The summed E-state index contributed by atoms with van der Waals surface area (Å²) < 4.78 is 7.79. The molecule has 3 aromatic heterocycles. The Labute approximate surface area is 181 Å². The summed E-state index contributed by atoms with van der Waals surface area (Å²) in [5.74, 6) is 1.07. The van der Waals surface area contributed by atoms with Gasteiger partial charge in [-0.15, -0.1) is 10.2 Å². The van der Waals surface area contributed by atoms with Gasteiger partial charge in [0.1, 0.15) is 16.3 Å². The van der Waals surface area contributed by atoms with Crippen LogP contribution in [0.15, 0.2) is 18.3 Å². The van der Waals surface area contributed by atoms with Crippen molar-refractivity contribution in [2.24, 2.45) is 0 Å². The lowest BCUT2D eigenvalue weighted by Gasteiger charge is -2.34. The Balaban J connectivity index is 1.29. The summed E-state index contributed by atoms with van der Waals surface area (Å²) in [5, 5.41) is 13.4. The molecule has 1 aliphatic rings. The van der Waals surface area contributed by atoms with Crippen molar-refractivity contribution in [1.29, 1.82) is 0 Å². The lowest BCUT2D eigenvalue weighted by molar-refractivity contribution is 0.123. The molecule has 3 aromatic rings. The van der Waals surface area contributed by atoms with Gasteiger partial charge >= 0.3 is 0 Å². The van der Waals surface area contributed by atoms with Crippen molar-refractivity contribution in [1.82, 2.24) is 34.5 Å². The first-order valence-electron chi connectivity index (χ1n) is 10.6. The maximum absolute atomic E-state index is 5.58. The number of aromatic nitrogens is 5. The number of pyridine rings is 1. The normalized spacial score (nSPS) is 15.8. The van der Waals surface area contributed by atoms with Crippen molar-refractivity contribution < 1.29 is 4.74 Å². The fraction of sp³-hybridized carbons (Fsp3) is 0.600. The smallest absolute Gasteiger partial charge is 0.205 e. The standard InChI is InChI=1S/C20H30N8OS/c1-3-29-14-13-28-18(23-17-5-4-6-21-19(17)28)15-27-11-9-26(10-12-27)8-7-22-20-25-24-16(2)30-20/h4-6H,3,7-15H2,1-2H3,(H,22,25). The highest BCUT2D eigenvalue weighted by atomic mass is 32.1. The Hall–Kier alpha value is -2.14. The third-order valence-electron chi connectivity index (χ3n) is 5.31. The van der Waals surface area contributed by atoms with Gasteiger partial charge in [0, 0.05) is 58.6 Å². The average Bonchev–Trinajstić information content (AvgIpc) is 3.33. The van der Waals surface area contributed by atoms with Gasteiger partial charge in [0.05, 0.1) is 13.2 Å². The zero-order valence-electron chi connectivity index (χ0n) is 17.8. The molecule has 9 nitrogen and oxygen atoms in total. The van der Waals surface area contributed by atoms with Gasteiger partial charge in [0.2, 0.25) is 5.13 Å². The summed E-state index contributed by atoms with van der Waals surface area (Å²) >= 11 is 1.60. The van der Waals surface area contributed by atoms with Crippen LogP contribution in [0.25, 0.3) is 11.2 Å². The van der Waals surface area contributed by atoms with E-state index in [4.69, 9.17) is 9.72 Å². The van der Waals surface area contributed by atoms with E-state index in [1.807, 2.05) is 32.2 Å². The van der Waals surface area contributed by atoms with Gasteiger partial charge in [-0.3, -0.25) is 9.80 Å². The van der Waals surface area contributed by atoms with Gasteiger partial charge < -0.3 is 14.6 Å². The van der Waals surface area contributed by atoms with Crippen LogP contribution >= 0.6 is 11.3 Å². The molecule has 162 valence electrons. The summed E-state index contributed by atoms with van der Waals surface area (Å²) in [6, 6.07) is 3.98. The summed E-state index contributed by atoms with van der Waals surface area (Å²) in [7, 11) is 0. The molecule has 10 heteroatoms. The number of nitrogens with zero attached hydrogens (tertiary/aromatic N) is 7. The van der Waals surface area contributed by atoms with E-state index in [2.05, 4.69) is 34.9 Å². The maximum Gasteiger partial charge on any atom is 0.205 e. The number of nitrogens with one attached hydrogen (secondary N) is 1. The number of anilines is 1. The lowest BCUT2D eigenvalue weighted by atomic mass is 10.3. The molecule has 1 N–H and O–H groups in total. The van der Waals surface area contributed by atoms with Crippen LogP contribution in [0.1, 0.15) is 17.8 Å². The molecular formula is C20H30N8OS. The molecule has 30 heavy (non-hydrogen) atoms. The van der Waals surface area contributed by atoms with Crippen molar-refractivity contribution in [2.45, 2.75) is 26.9 Å². The van der Waals surface area contributed by atoms with Gasteiger partial charge in [-0.05, 0) is 26.0 Å². The van der Waals surface area contributed by atoms with E-state index in [-0.39, 0.29) is 0 Å². The van der Waals surface area contributed by atoms with E-state index >= 15 is 0 Å². The third-order valence-corrected chi connectivity index (χ3v) is 6.10. The number of hydrogen-bond acceptors (Lipinski definition) is 9. The Morgan fingerprint density at radius 3 is 2.73 bits per heavy atom. The lowest BCUT2D eigenvalue weighted by Crippen LogP contribution is -2.47. The molecule has 0 aromatic carbocycles. The number of piperazine rings is 1. The molecule has 1 aliphatic heterocycles. The number of imidazole rings is 1. The van der Waals surface area contributed by atoms with E-state index < -0.39 is 0 Å². The van der Waals surface area contributed by atoms with Gasteiger partial charge in [0.25, 0.3) is 0 Å². The van der Waals surface area contributed by atoms with Gasteiger partial charge in [0.15, 0.2) is 5.65 Å². The van der Waals surface area contributed by atoms with Gasteiger partial charge in [-0.2, -0.15) is 0 Å². The summed E-state index contributed by atoms with van der Waals surface area (Å²) in [6.45, 7) is 13.2. The summed E-state index contributed by atoms with van der Waals surface area (Å²) in [4.78, 5) is 14.4. The van der Waals surface area contributed by atoms with Crippen LogP contribution < -0.4 is 5.32 Å². The Kier molecular flexibility index (Phi) is 7.21. The SMILES string of the molecule is CCOCCn1c(CN2CCN(CCNc3nnc(C)s3)CC2)nc2cccnc21. The Bertz CT molecular complexity index is 934. The first-order valence-corrected chi connectivity index (χ1v) is 11.4. The van der Waals surface area contributed by atoms with Crippen molar-refractivity contribution in [3.05, 3.63) is 29.2 Å². The van der Waals surface area contributed by atoms with E-state index in [1.165, 1.54) is 0 Å². The first kappa shape index (κ1) is 21.1. The second kappa shape index (κ2) is 10.3. The van der Waals surface area contributed by atoms with Crippen LogP contribution in [0.3, 0.4) is 0 Å². The second-order valence-electron chi connectivity index (χ2n) is 7.39. The zero-order chi connectivity index (χ0) is 20.8. The second-order valence-corrected chi connectivity index (χ2v) is 8.58. The first-order chi connectivity index (χ1) is 14.7. The van der Waals surface area contributed by atoms with Crippen molar-refractivity contribution >= 4 is 27.6 Å². The van der Waals surface area contributed by atoms with E-state index in [9.17, 15) is 0 Å². The predicted octanol–water partition coefficient (Wildman–Crippen LogP) is 1.86. The van der Waals surface area contributed by atoms with Crippen LogP contribution in [-0.2, 0) is 17.8 Å².